The summed E-state index contributed by atoms with van der Waals surface area (Å²) in [4.78, 5) is 30.7. The van der Waals surface area contributed by atoms with Gasteiger partial charge in [-0.1, -0.05) is 0 Å². The summed E-state index contributed by atoms with van der Waals surface area (Å²) in [6.07, 6.45) is 4.32. The minimum absolute atomic E-state index is 0.0213. The molecular formula is C18H23N4O4-. The van der Waals surface area contributed by atoms with Crippen molar-refractivity contribution in [1.82, 2.24) is 15.3 Å². The Morgan fingerprint density at radius 3 is 2.77 bits per heavy atom. The van der Waals surface area contributed by atoms with Crippen LogP contribution in [0.5, 0.6) is 11.5 Å². The minimum Gasteiger partial charge on any atom is -0.676 e. The summed E-state index contributed by atoms with van der Waals surface area (Å²) < 4.78 is 11.5. The molecule has 0 unspecified atom stereocenters. The fraction of sp³-hybridized carbons (Fsp3) is 0.500. The third-order valence-electron chi connectivity index (χ3n) is 4.69. The van der Waals surface area contributed by atoms with E-state index in [2.05, 4.69) is 15.3 Å². The Morgan fingerprint density at radius 2 is 2.08 bits per heavy atom. The van der Waals surface area contributed by atoms with Crippen LogP contribution in [0.2, 0.25) is 0 Å². The number of carbonyl (C=O) groups excluding carboxylic acids is 1. The quantitative estimate of drug-likeness (QED) is 0.818. The number of aromatic amines is 1. The molecule has 1 aliphatic rings. The molecule has 0 bridgehead atoms. The fourth-order valence-corrected chi connectivity index (χ4v) is 3.28. The molecule has 3 rings (SSSR count). The van der Waals surface area contributed by atoms with Gasteiger partial charge >= 0.3 is 0 Å². The van der Waals surface area contributed by atoms with Gasteiger partial charge in [-0.05, 0) is 38.3 Å². The highest BCUT2D eigenvalue weighted by atomic mass is 16.5. The third-order valence-corrected chi connectivity index (χ3v) is 4.69. The Bertz CT molecular complexity index is 828. The van der Waals surface area contributed by atoms with Gasteiger partial charge in [0.15, 0.2) is 11.5 Å². The molecule has 1 aromatic heterocycles. The van der Waals surface area contributed by atoms with Crippen LogP contribution in [-0.4, -0.2) is 42.2 Å². The lowest BCUT2D eigenvalue weighted by Crippen LogP contribution is -2.36. The molecule has 3 N–H and O–H groups in total. The molecule has 0 radical (unpaired) electrons. The molecule has 26 heavy (non-hydrogen) atoms. The molecule has 1 amide bonds. The van der Waals surface area contributed by atoms with Crippen molar-refractivity contribution in [2.75, 3.05) is 20.2 Å². The van der Waals surface area contributed by atoms with Crippen molar-refractivity contribution in [3.8, 4) is 11.5 Å². The first kappa shape index (κ1) is 18.2. The largest absolute Gasteiger partial charge is 0.676 e. The second-order valence-corrected chi connectivity index (χ2v) is 6.38. The molecule has 0 spiro atoms. The van der Waals surface area contributed by atoms with Gasteiger partial charge in [-0.25, -0.2) is 4.98 Å². The van der Waals surface area contributed by atoms with Crippen molar-refractivity contribution >= 4 is 16.8 Å². The Labute approximate surface area is 151 Å². The van der Waals surface area contributed by atoms with Gasteiger partial charge in [0, 0.05) is 12.0 Å². The summed E-state index contributed by atoms with van der Waals surface area (Å²) in [6.45, 7) is 0.589. The molecule has 1 fully saturated rings. The van der Waals surface area contributed by atoms with E-state index in [4.69, 9.17) is 15.2 Å². The maximum absolute atomic E-state index is 12.0. The average molecular weight is 359 g/mol. The monoisotopic (exact) mass is 359 g/mol. The van der Waals surface area contributed by atoms with Gasteiger partial charge in [0.2, 0.25) is 5.91 Å². The van der Waals surface area contributed by atoms with Crippen molar-refractivity contribution in [2.45, 2.75) is 31.8 Å². The Morgan fingerprint density at radius 1 is 1.31 bits per heavy atom. The summed E-state index contributed by atoms with van der Waals surface area (Å²) in [5, 5.41) is 3.23. The van der Waals surface area contributed by atoms with E-state index in [0.29, 0.717) is 28.9 Å². The lowest BCUT2D eigenvalue weighted by molar-refractivity contribution is -0.126. The topological polar surface area (TPSA) is 117 Å². The molecular weight excluding hydrogens is 336 g/mol. The standard InChI is InChI=1S/C18H23N4O4/c1-25-15-9-14-13(18(24)22-10-21-14)8-16(15)26-12-4-2-11(3-5-12)17(23)20-7-6-19/h8-12,19H,2-7H2,1H3,(H,20,23)(H,21,22,24)/q-1. The van der Waals surface area contributed by atoms with Crippen LogP contribution in [0, 0.1) is 5.92 Å². The number of nitrogens with zero attached hydrogens (tertiary/aromatic N) is 1. The van der Waals surface area contributed by atoms with Gasteiger partial charge < -0.3 is 25.5 Å². The van der Waals surface area contributed by atoms with Crippen molar-refractivity contribution in [3.63, 3.8) is 0 Å². The third kappa shape index (κ3) is 3.96. The molecule has 2 aromatic rings. The van der Waals surface area contributed by atoms with Gasteiger partial charge in [0.25, 0.3) is 5.56 Å². The average Bonchev–Trinajstić information content (AvgIpc) is 2.67. The van der Waals surface area contributed by atoms with E-state index < -0.39 is 0 Å². The zero-order chi connectivity index (χ0) is 18.5. The van der Waals surface area contributed by atoms with E-state index >= 15 is 0 Å². The Hall–Kier alpha value is -2.61. The maximum Gasteiger partial charge on any atom is 0.258 e. The highest BCUT2D eigenvalue weighted by molar-refractivity contribution is 5.81. The van der Waals surface area contributed by atoms with Crippen LogP contribution >= 0.6 is 0 Å². The van der Waals surface area contributed by atoms with Gasteiger partial charge in [-0.15, -0.1) is 6.54 Å². The molecule has 8 heteroatoms. The van der Waals surface area contributed by atoms with Crippen molar-refractivity contribution in [2.24, 2.45) is 5.92 Å². The number of carbonyl (C=O) groups is 1. The van der Waals surface area contributed by atoms with E-state index in [1.54, 1.807) is 19.2 Å². The summed E-state index contributed by atoms with van der Waals surface area (Å²) in [5.74, 6) is 1.05. The van der Waals surface area contributed by atoms with Crippen LogP contribution in [0.25, 0.3) is 16.6 Å². The first-order valence-corrected chi connectivity index (χ1v) is 8.76. The highest BCUT2D eigenvalue weighted by Crippen LogP contribution is 2.34. The number of fused-ring (bicyclic) bond motifs is 1. The molecule has 1 aliphatic carbocycles. The SMILES string of the molecule is COc1cc2nc[nH]c(=O)c2cc1OC1CCC(C(=O)NCC[NH-])CC1. The molecule has 1 saturated carbocycles. The highest BCUT2D eigenvalue weighted by Gasteiger charge is 2.27. The zero-order valence-corrected chi connectivity index (χ0v) is 14.7. The predicted octanol–water partition coefficient (Wildman–Crippen LogP) is 2.04. The van der Waals surface area contributed by atoms with E-state index in [1.807, 2.05) is 0 Å². The van der Waals surface area contributed by atoms with Crippen molar-refractivity contribution < 1.29 is 14.3 Å². The number of amides is 1. The molecule has 1 aromatic carbocycles. The molecule has 0 saturated heterocycles. The number of aromatic nitrogens is 2. The van der Waals surface area contributed by atoms with E-state index in [1.165, 1.54) is 6.33 Å². The smallest absolute Gasteiger partial charge is 0.258 e. The van der Waals surface area contributed by atoms with Crippen LogP contribution in [0.4, 0.5) is 0 Å². The van der Waals surface area contributed by atoms with Gasteiger partial charge in [-0.3, -0.25) is 9.59 Å². The fourth-order valence-electron chi connectivity index (χ4n) is 3.28. The van der Waals surface area contributed by atoms with Crippen LogP contribution < -0.4 is 20.3 Å². The van der Waals surface area contributed by atoms with Gasteiger partial charge in [0.05, 0.1) is 30.4 Å². The maximum atomic E-state index is 12.0. The summed E-state index contributed by atoms with van der Waals surface area (Å²) >= 11 is 0. The minimum atomic E-state index is -0.225. The van der Waals surface area contributed by atoms with Crippen molar-refractivity contribution in [3.05, 3.63) is 34.5 Å². The second kappa shape index (κ2) is 8.18. The van der Waals surface area contributed by atoms with Gasteiger partial charge in [-0.2, -0.15) is 0 Å². The van der Waals surface area contributed by atoms with Crippen LogP contribution in [0.3, 0.4) is 0 Å². The Kier molecular flexibility index (Phi) is 5.72. The van der Waals surface area contributed by atoms with Gasteiger partial charge in [0.1, 0.15) is 0 Å². The molecule has 8 nitrogen and oxygen atoms in total. The zero-order valence-electron chi connectivity index (χ0n) is 14.7. The molecule has 140 valence electrons. The Balaban J connectivity index is 1.69. The number of rotatable bonds is 6. The summed E-state index contributed by atoms with van der Waals surface area (Å²) in [5.41, 5.74) is 7.43. The van der Waals surface area contributed by atoms with Crippen molar-refractivity contribution in [1.29, 1.82) is 0 Å². The lowest BCUT2D eigenvalue weighted by atomic mass is 9.86. The summed E-state index contributed by atoms with van der Waals surface area (Å²) in [6, 6.07) is 3.35. The first-order chi connectivity index (χ1) is 12.6. The van der Waals surface area contributed by atoms with E-state index in [-0.39, 0.29) is 30.0 Å². The number of ether oxygens (including phenoxy) is 2. The first-order valence-electron chi connectivity index (χ1n) is 8.76. The number of H-pyrrole nitrogens is 1. The predicted molar refractivity (Wildman–Crippen MR) is 97.5 cm³/mol. The molecule has 0 aliphatic heterocycles. The molecule has 1 heterocycles. The van der Waals surface area contributed by atoms with E-state index in [0.717, 1.165) is 25.7 Å². The molecule has 0 atom stereocenters. The number of hydrogen-bond acceptors (Lipinski definition) is 5. The number of benzene rings is 1. The number of methoxy groups -OCH3 is 1. The van der Waals surface area contributed by atoms with Crippen LogP contribution in [-0.2, 0) is 4.79 Å². The van der Waals surface area contributed by atoms with E-state index in [9.17, 15) is 9.59 Å². The normalized spacial score (nSPS) is 19.9. The number of nitrogens with one attached hydrogen (secondary N) is 3. The summed E-state index contributed by atoms with van der Waals surface area (Å²) in [7, 11) is 1.55. The second-order valence-electron chi connectivity index (χ2n) is 6.38. The van der Waals surface area contributed by atoms with Crippen LogP contribution in [0.15, 0.2) is 23.3 Å². The lowest BCUT2D eigenvalue weighted by Gasteiger charge is -2.29. The number of hydrogen-bond donors (Lipinski definition) is 2. The van der Waals surface area contributed by atoms with Crippen LogP contribution in [0.1, 0.15) is 25.7 Å².